The van der Waals surface area contributed by atoms with Crippen molar-refractivity contribution >= 4 is 5.69 Å². The highest BCUT2D eigenvalue weighted by atomic mass is 19.1. The summed E-state index contributed by atoms with van der Waals surface area (Å²) >= 11 is 0. The van der Waals surface area contributed by atoms with E-state index in [9.17, 15) is 13.9 Å². The Kier molecular flexibility index (Phi) is 3.32. The first kappa shape index (κ1) is 12.2. The Bertz CT molecular complexity index is 573. The number of halogens is 2. The highest BCUT2D eigenvalue weighted by molar-refractivity contribution is 5.46. The summed E-state index contributed by atoms with van der Waals surface area (Å²) in [6, 6.07) is 7.53. The number of hydrogen-bond acceptors (Lipinski definition) is 3. The smallest absolute Gasteiger partial charge is 0.157 e. The fraction of sp³-hybridized carbons (Fsp3) is 0.0769. The molecule has 2 aromatic rings. The van der Waals surface area contributed by atoms with Crippen molar-refractivity contribution in [3.05, 3.63) is 53.6 Å². The first-order valence-corrected chi connectivity index (χ1v) is 5.26. The Labute approximate surface area is 102 Å². The van der Waals surface area contributed by atoms with Gasteiger partial charge in [0, 0.05) is 12.6 Å². The number of aromatic hydroxyl groups is 2. The van der Waals surface area contributed by atoms with Crippen molar-refractivity contribution in [2.75, 3.05) is 5.32 Å². The molecule has 0 aliphatic heterocycles. The highest BCUT2D eigenvalue weighted by Gasteiger charge is 2.04. The van der Waals surface area contributed by atoms with Gasteiger partial charge in [-0.25, -0.2) is 8.78 Å². The van der Waals surface area contributed by atoms with Gasteiger partial charge in [-0.05, 0) is 29.8 Å². The topological polar surface area (TPSA) is 52.5 Å². The van der Waals surface area contributed by atoms with Crippen molar-refractivity contribution in [1.29, 1.82) is 0 Å². The molecule has 0 heterocycles. The van der Waals surface area contributed by atoms with Crippen LogP contribution in [0, 0.1) is 11.6 Å². The van der Waals surface area contributed by atoms with Crippen LogP contribution in [0.4, 0.5) is 14.5 Å². The normalized spacial score (nSPS) is 10.3. The van der Waals surface area contributed by atoms with E-state index in [-0.39, 0.29) is 23.7 Å². The molecule has 0 fully saturated rings. The molecule has 0 aliphatic carbocycles. The van der Waals surface area contributed by atoms with Crippen molar-refractivity contribution < 1.29 is 19.0 Å². The standard InChI is InChI=1S/C13H11F2NO2/c14-9-2-3-11(10(15)6-9)16-7-8-1-4-12(17)13(18)5-8/h1-6,16-18H,7H2. The molecule has 0 amide bonds. The van der Waals surface area contributed by atoms with Gasteiger partial charge in [0.05, 0.1) is 5.69 Å². The number of anilines is 1. The van der Waals surface area contributed by atoms with Gasteiger partial charge in [0.2, 0.25) is 0 Å². The largest absolute Gasteiger partial charge is 0.504 e. The zero-order chi connectivity index (χ0) is 13.1. The average molecular weight is 251 g/mol. The van der Waals surface area contributed by atoms with Gasteiger partial charge in [-0.2, -0.15) is 0 Å². The molecule has 0 aromatic heterocycles. The summed E-state index contributed by atoms with van der Waals surface area (Å²) in [5.74, 6) is -1.78. The monoisotopic (exact) mass is 251 g/mol. The van der Waals surface area contributed by atoms with E-state index in [1.807, 2.05) is 0 Å². The van der Waals surface area contributed by atoms with E-state index < -0.39 is 11.6 Å². The minimum atomic E-state index is -0.682. The van der Waals surface area contributed by atoms with Crippen LogP contribution in [0.1, 0.15) is 5.56 Å². The number of phenolic OH excluding ortho intramolecular Hbond substituents is 2. The van der Waals surface area contributed by atoms with Crippen LogP contribution in [0.25, 0.3) is 0 Å². The number of phenols is 2. The summed E-state index contributed by atoms with van der Waals surface area (Å²) < 4.78 is 26.0. The van der Waals surface area contributed by atoms with E-state index >= 15 is 0 Å². The third kappa shape index (κ3) is 2.68. The van der Waals surface area contributed by atoms with Crippen molar-refractivity contribution in [3.8, 4) is 11.5 Å². The molecule has 18 heavy (non-hydrogen) atoms. The van der Waals surface area contributed by atoms with Gasteiger partial charge in [0.25, 0.3) is 0 Å². The maximum Gasteiger partial charge on any atom is 0.157 e. The van der Waals surface area contributed by atoms with E-state index in [1.165, 1.54) is 18.2 Å². The van der Waals surface area contributed by atoms with Gasteiger partial charge in [-0.1, -0.05) is 6.07 Å². The molecule has 2 rings (SSSR count). The predicted molar refractivity (Wildman–Crippen MR) is 63.5 cm³/mol. The van der Waals surface area contributed by atoms with Crippen molar-refractivity contribution in [1.82, 2.24) is 0 Å². The van der Waals surface area contributed by atoms with E-state index in [0.717, 1.165) is 12.1 Å². The zero-order valence-corrected chi connectivity index (χ0v) is 9.32. The predicted octanol–water partition coefficient (Wildman–Crippen LogP) is 2.99. The lowest BCUT2D eigenvalue weighted by molar-refractivity contribution is 0.403. The minimum absolute atomic E-state index is 0.170. The Balaban J connectivity index is 2.09. The lowest BCUT2D eigenvalue weighted by Crippen LogP contribution is -2.01. The van der Waals surface area contributed by atoms with Crippen molar-refractivity contribution in [2.24, 2.45) is 0 Å². The average Bonchev–Trinajstić information content (AvgIpc) is 2.32. The lowest BCUT2D eigenvalue weighted by Gasteiger charge is -2.08. The van der Waals surface area contributed by atoms with Gasteiger partial charge in [0.15, 0.2) is 11.5 Å². The van der Waals surface area contributed by atoms with Gasteiger partial charge in [0.1, 0.15) is 11.6 Å². The molecule has 0 unspecified atom stereocenters. The molecule has 5 heteroatoms. The fourth-order valence-corrected chi connectivity index (χ4v) is 1.51. The molecule has 0 bridgehead atoms. The minimum Gasteiger partial charge on any atom is -0.504 e. The molecular weight excluding hydrogens is 240 g/mol. The summed E-state index contributed by atoms with van der Waals surface area (Å²) in [5, 5.41) is 21.2. The summed E-state index contributed by atoms with van der Waals surface area (Å²) in [6.45, 7) is 0.246. The summed E-state index contributed by atoms with van der Waals surface area (Å²) in [4.78, 5) is 0. The molecule has 0 atom stereocenters. The van der Waals surface area contributed by atoms with Crippen LogP contribution in [-0.4, -0.2) is 10.2 Å². The third-order valence-corrected chi connectivity index (χ3v) is 2.45. The van der Waals surface area contributed by atoms with Gasteiger partial charge in [-0.15, -0.1) is 0 Å². The number of rotatable bonds is 3. The first-order valence-electron chi connectivity index (χ1n) is 5.26. The van der Waals surface area contributed by atoms with Crippen molar-refractivity contribution in [2.45, 2.75) is 6.54 Å². The summed E-state index contributed by atoms with van der Waals surface area (Å²) in [5.41, 5.74) is 0.831. The van der Waals surface area contributed by atoms with E-state index in [0.29, 0.717) is 5.56 Å². The Morgan fingerprint density at radius 3 is 2.39 bits per heavy atom. The molecule has 0 spiro atoms. The maximum atomic E-state index is 13.3. The van der Waals surface area contributed by atoms with Gasteiger partial charge in [-0.3, -0.25) is 0 Å². The summed E-state index contributed by atoms with van der Waals surface area (Å²) in [6.07, 6.45) is 0. The summed E-state index contributed by atoms with van der Waals surface area (Å²) in [7, 11) is 0. The highest BCUT2D eigenvalue weighted by Crippen LogP contribution is 2.25. The molecule has 3 nitrogen and oxygen atoms in total. The Morgan fingerprint density at radius 2 is 1.72 bits per heavy atom. The van der Waals surface area contributed by atoms with E-state index in [1.54, 1.807) is 6.07 Å². The van der Waals surface area contributed by atoms with Crippen LogP contribution in [0.5, 0.6) is 11.5 Å². The van der Waals surface area contributed by atoms with Crippen LogP contribution in [0.3, 0.4) is 0 Å². The van der Waals surface area contributed by atoms with Crippen molar-refractivity contribution in [3.63, 3.8) is 0 Å². The van der Waals surface area contributed by atoms with Crippen LogP contribution in [-0.2, 0) is 6.54 Å². The molecule has 3 N–H and O–H groups in total. The second-order valence-corrected chi connectivity index (χ2v) is 3.80. The molecule has 94 valence electrons. The molecule has 0 aliphatic rings. The SMILES string of the molecule is Oc1ccc(CNc2ccc(F)cc2F)cc1O. The second-order valence-electron chi connectivity index (χ2n) is 3.80. The van der Waals surface area contributed by atoms with E-state index in [2.05, 4.69) is 5.32 Å². The lowest BCUT2D eigenvalue weighted by atomic mass is 10.2. The maximum absolute atomic E-state index is 13.3. The molecule has 2 aromatic carbocycles. The zero-order valence-electron chi connectivity index (χ0n) is 9.32. The second kappa shape index (κ2) is 4.91. The van der Waals surface area contributed by atoms with Crippen LogP contribution >= 0.6 is 0 Å². The molecule has 0 radical (unpaired) electrons. The van der Waals surface area contributed by atoms with Gasteiger partial charge >= 0.3 is 0 Å². The van der Waals surface area contributed by atoms with Crippen LogP contribution < -0.4 is 5.32 Å². The van der Waals surface area contributed by atoms with E-state index in [4.69, 9.17) is 5.11 Å². The Hall–Kier alpha value is -2.30. The number of benzene rings is 2. The molecule has 0 saturated carbocycles. The fourth-order valence-electron chi connectivity index (χ4n) is 1.51. The van der Waals surface area contributed by atoms with Crippen LogP contribution in [0.15, 0.2) is 36.4 Å². The van der Waals surface area contributed by atoms with Gasteiger partial charge < -0.3 is 15.5 Å². The number of hydrogen-bond donors (Lipinski definition) is 3. The molecule has 0 saturated heterocycles. The van der Waals surface area contributed by atoms with Crippen LogP contribution in [0.2, 0.25) is 0 Å². The third-order valence-electron chi connectivity index (χ3n) is 2.45. The Morgan fingerprint density at radius 1 is 0.944 bits per heavy atom. The molecular formula is C13H11F2NO2. The quantitative estimate of drug-likeness (QED) is 0.735. The number of nitrogens with one attached hydrogen (secondary N) is 1. The first-order chi connectivity index (χ1) is 8.56.